The van der Waals surface area contributed by atoms with E-state index in [2.05, 4.69) is 31.1 Å². The molecule has 1 aliphatic rings. The Bertz CT molecular complexity index is 1550. The summed E-state index contributed by atoms with van der Waals surface area (Å²) >= 11 is 1.43. The largest absolute Gasteiger partial charge is 0.350 e. The molecule has 0 spiro atoms. The van der Waals surface area contributed by atoms with Gasteiger partial charge in [-0.25, -0.2) is 9.07 Å². The lowest BCUT2D eigenvalue weighted by Crippen LogP contribution is -2.42. The number of carbonyl (C=O) groups is 2. The molecule has 2 aromatic carbocycles. The molecule has 9 heteroatoms. The normalized spacial score (nSPS) is 15.5. The van der Waals surface area contributed by atoms with Crippen molar-refractivity contribution in [1.82, 2.24) is 20.1 Å². The van der Waals surface area contributed by atoms with Crippen LogP contribution in [0.25, 0.3) is 5.69 Å². The SMILES string of the molecule is Cc1cccc(-n2nc(C(C)(C)C)c3c2N(CC(=O)NCc2ccncc2)C(=O)CSC3c2cccc(F)c2)c1. The lowest BCUT2D eigenvalue weighted by Gasteiger charge is -2.24. The van der Waals surface area contributed by atoms with Crippen LogP contribution in [0.1, 0.15) is 54.0 Å². The van der Waals surface area contributed by atoms with Gasteiger partial charge in [0, 0.05) is 29.9 Å². The van der Waals surface area contributed by atoms with Gasteiger partial charge in [-0.15, -0.1) is 11.8 Å². The van der Waals surface area contributed by atoms with E-state index in [4.69, 9.17) is 5.10 Å². The number of hydrogen-bond donors (Lipinski definition) is 1. The lowest BCUT2D eigenvalue weighted by molar-refractivity contribution is -0.123. The highest BCUT2D eigenvalue weighted by Crippen LogP contribution is 2.48. The van der Waals surface area contributed by atoms with Crippen molar-refractivity contribution < 1.29 is 14.0 Å². The van der Waals surface area contributed by atoms with E-state index in [9.17, 15) is 14.0 Å². The topological polar surface area (TPSA) is 80.1 Å². The zero-order valence-corrected chi connectivity index (χ0v) is 23.8. The van der Waals surface area contributed by atoms with Crippen LogP contribution in [0.5, 0.6) is 0 Å². The van der Waals surface area contributed by atoms with Gasteiger partial charge in [-0.2, -0.15) is 5.10 Å². The number of hydrogen-bond acceptors (Lipinski definition) is 5. The second-order valence-electron chi connectivity index (χ2n) is 10.9. The Kier molecular flexibility index (Phi) is 7.76. The van der Waals surface area contributed by atoms with E-state index in [-0.39, 0.29) is 35.2 Å². The molecule has 1 N–H and O–H groups in total. The number of nitrogens with one attached hydrogen (secondary N) is 1. The molecule has 206 valence electrons. The number of rotatable bonds is 6. The minimum absolute atomic E-state index is 0.130. The van der Waals surface area contributed by atoms with Crippen molar-refractivity contribution in [3.8, 4) is 5.69 Å². The zero-order chi connectivity index (χ0) is 28.4. The predicted molar refractivity (Wildman–Crippen MR) is 156 cm³/mol. The molecular formula is C31H32FN5O2S. The first-order valence-electron chi connectivity index (χ1n) is 13.2. The van der Waals surface area contributed by atoms with Gasteiger partial charge in [-0.05, 0) is 60.0 Å². The third-order valence-electron chi connectivity index (χ3n) is 6.74. The summed E-state index contributed by atoms with van der Waals surface area (Å²) in [4.78, 5) is 32.5. The third kappa shape index (κ3) is 5.79. The predicted octanol–water partition coefficient (Wildman–Crippen LogP) is 5.50. The molecule has 5 rings (SSSR count). The number of aromatic nitrogens is 3. The van der Waals surface area contributed by atoms with Crippen LogP contribution < -0.4 is 10.2 Å². The van der Waals surface area contributed by atoms with E-state index < -0.39 is 5.41 Å². The average molecular weight is 558 g/mol. The second kappa shape index (κ2) is 11.3. The summed E-state index contributed by atoms with van der Waals surface area (Å²) in [5.74, 6) is -0.173. The third-order valence-corrected chi connectivity index (χ3v) is 7.99. The molecule has 0 saturated carbocycles. The van der Waals surface area contributed by atoms with Gasteiger partial charge in [-0.1, -0.05) is 45.0 Å². The number of nitrogens with zero attached hydrogens (tertiary/aromatic N) is 4. The summed E-state index contributed by atoms with van der Waals surface area (Å²) in [6.07, 6.45) is 3.34. The van der Waals surface area contributed by atoms with E-state index in [0.717, 1.165) is 33.6 Å². The van der Waals surface area contributed by atoms with Crippen molar-refractivity contribution >= 4 is 29.4 Å². The number of amides is 2. The van der Waals surface area contributed by atoms with Crippen LogP contribution >= 0.6 is 11.8 Å². The Hall–Kier alpha value is -3.98. The van der Waals surface area contributed by atoms with Crippen LogP contribution in [0.2, 0.25) is 0 Å². The first kappa shape index (κ1) is 27.6. The van der Waals surface area contributed by atoms with Crippen LogP contribution in [0.15, 0.2) is 73.1 Å². The Morgan fingerprint density at radius 3 is 2.55 bits per heavy atom. The highest BCUT2D eigenvalue weighted by Gasteiger charge is 2.40. The maximum absolute atomic E-state index is 14.4. The van der Waals surface area contributed by atoms with Gasteiger partial charge in [0.25, 0.3) is 0 Å². The van der Waals surface area contributed by atoms with Gasteiger partial charge in [0.05, 0.1) is 22.4 Å². The van der Waals surface area contributed by atoms with Crippen LogP contribution in [0.3, 0.4) is 0 Å². The molecule has 0 radical (unpaired) electrons. The summed E-state index contributed by atoms with van der Waals surface area (Å²) in [5, 5.41) is 7.65. The minimum Gasteiger partial charge on any atom is -0.350 e. The van der Waals surface area contributed by atoms with Gasteiger partial charge < -0.3 is 5.32 Å². The quantitative estimate of drug-likeness (QED) is 0.339. The van der Waals surface area contributed by atoms with E-state index in [1.165, 1.54) is 28.8 Å². The van der Waals surface area contributed by atoms with Crippen LogP contribution in [-0.4, -0.2) is 38.9 Å². The summed E-state index contributed by atoms with van der Waals surface area (Å²) in [6, 6.07) is 18.0. The highest BCUT2D eigenvalue weighted by molar-refractivity contribution is 8.00. The Morgan fingerprint density at radius 1 is 1.10 bits per heavy atom. The maximum atomic E-state index is 14.4. The van der Waals surface area contributed by atoms with Gasteiger partial charge in [-0.3, -0.25) is 19.5 Å². The summed E-state index contributed by atoms with van der Waals surface area (Å²) in [7, 11) is 0. The van der Waals surface area contributed by atoms with E-state index in [1.807, 2.05) is 49.4 Å². The van der Waals surface area contributed by atoms with Crippen LogP contribution in [-0.2, 0) is 21.5 Å². The second-order valence-corrected chi connectivity index (χ2v) is 12.0. The number of pyridine rings is 1. The van der Waals surface area contributed by atoms with Gasteiger partial charge in [0.2, 0.25) is 11.8 Å². The van der Waals surface area contributed by atoms with Crippen molar-refractivity contribution in [1.29, 1.82) is 0 Å². The molecular weight excluding hydrogens is 525 g/mol. The number of fused-ring (bicyclic) bond motifs is 1. The van der Waals surface area contributed by atoms with Gasteiger partial charge >= 0.3 is 0 Å². The average Bonchev–Trinajstić information content (AvgIpc) is 3.26. The van der Waals surface area contributed by atoms with Crippen molar-refractivity contribution in [3.05, 3.63) is 107 Å². The number of carbonyl (C=O) groups excluding carboxylic acids is 2. The number of thioether (sulfide) groups is 1. The highest BCUT2D eigenvalue weighted by atomic mass is 32.2. The first-order valence-corrected chi connectivity index (χ1v) is 14.2. The summed E-state index contributed by atoms with van der Waals surface area (Å²) in [5.41, 5.74) is 4.70. The van der Waals surface area contributed by atoms with E-state index >= 15 is 0 Å². The van der Waals surface area contributed by atoms with Crippen molar-refractivity contribution in [2.24, 2.45) is 0 Å². The van der Waals surface area contributed by atoms with Crippen molar-refractivity contribution in [3.63, 3.8) is 0 Å². The number of anilines is 1. The molecule has 40 heavy (non-hydrogen) atoms. The molecule has 1 aliphatic heterocycles. The standard InChI is InChI=1S/C31H32FN5O2S/c1-20-7-5-10-24(15-20)37-30-27(29(35-37)31(2,3)4)28(22-8-6-9-23(32)16-22)40-19-26(39)36(30)18-25(38)34-17-21-11-13-33-14-12-21/h5-16,28H,17-19H2,1-4H3,(H,34,38). The molecule has 0 saturated heterocycles. The molecule has 1 atom stereocenters. The molecule has 7 nitrogen and oxygen atoms in total. The molecule has 0 aliphatic carbocycles. The first-order chi connectivity index (χ1) is 19.1. The molecule has 2 aromatic heterocycles. The lowest BCUT2D eigenvalue weighted by atomic mass is 9.87. The fourth-order valence-corrected chi connectivity index (χ4v) is 6.03. The molecule has 3 heterocycles. The molecule has 1 unspecified atom stereocenters. The number of halogens is 1. The molecule has 4 aromatic rings. The Labute approximate surface area is 237 Å². The number of benzene rings is 2. The van der Waals surface area contributed by atoms with E-state index in [1.54, 1.807) is 23.1 Å². The maximum Gasteiger partial charge on any atom is 0.240 e. The molecule has 0 fully saturated rings. The fourth-order valence-electron chi connectivity index (χ4n) is 4.85. The summed E-state index contributed by atoms with van der Waals surface area (Å²) in [6.45, 7) is 8.36. The Morgan fingerprint density at radius 2 is 1.85 bits per heavy atom. The Balaban J connectivity index is 1.66. The monoisotopic (exact) mass is 557 g/mol. The van der Waals surface area contributed by atoms with E-state index in [0.29, 0.717) is 12.4 Å². The number of aryl methyl sites for hydroxylation is 1. The fraction of sp³-hybridized carbons (Fsp3) is 0.290. The minimum atomic E-state index is -0.395. The van der Waals surface area contributed by atoms with Crippen molar-refractivity contribution in [2.45, 2.75) is 44.9 Å². The van der Waals surface area contributed by atoms with Crippen LogP contribution in [0, 0.1) is 12.7 Å². The van der Waals surface area contributed by atoms with Gasteiger partial charge in [0.15, 0.2) is 0 Å². The summed E-state index contributed by atoms with van der Waals surface area (Å²) < 4.78 is 16.2. The zero-order valence-electron chi connectivity index (χ0n) is 23.0. The van der Waals surface area contributed by atoms with Crippen molar-refractivity contribution in [2.75, 3.05) is 17.2 Å². The smallest absolute Gasteiger partial charge is 0.240 e. The van der Waals surface area contributed by atoms with Crippen LogP contribution in [0.4, 0.5) is 10.2 Å². The van der Waals surface area contributed by atoms with Gasteiger partial charge in [0.1, 0.15) is 18.2 Å². The molecule has 0 bridgehead atoms. The molecule has 2 amide bonds.